The highest BCUT2D eigenvalue weighted by Gasteiger charge is 2.13. The molecule has 0 aliphatic carbocycles. The molecule has 0 aliphatic rings. The number of nitrogens with one attached hydrogen (secondary N) is 2. The van der Waals surface area contributed by atoms with Crippen molar-refractivity contribution in [1.82, 2.24) is 20.9 Å². The molecule has 2 aromatic heterocycles. The van der Waals surface area contributed by atoms with E-state index >= 15 is 0 Å². The van der Waals surface area contributed by atoms with Gasteiger partial charge in [0.05, 0.1) is 24.5 Å². The van der Waals surface area contributed by atoms with E-state index in [-0.39, 0.29) is 24.0 Å². The van der Waals surface area contributed by atoms with Gasteiger partial charge in [0.25, 0.3) is 0 Å². The van der Waals surface area contributed by atoms with E-state index < -0.39 is 0 Å². The van der Waals surface area contributed by atoms with Crippen molar-refractivity contribution in [3.63, 3.8) is 0 Å². The summed E-state index contributed by atoms with van der Waals surface area (Å²) < 4.78 is 10.8. The maximum atomic E-state index is 5.40. The van der Waals surface area contributed by atoms with Crippen LogP contribution in [0.4, 0.5) is 0 Å². The summed E-state index contributed by atoms with van der Waals surface area (Å²) in [6.07, 6.45) is 1.66. The van der Waals surface area contributed by atoms with Crippen molar-refractivity contribution in [2.45, 2.75) is 66.5 Å². The predicted octanol–water partition coefficient (Wildman–Crippen LogP) is 3.78. The van der Waals surface area contributed by atoms with Gasteiger partial charge in [-0.2, -0.15) is 0 Å². The molecule has 0 radical (unpaired) electrons. The Labute approximate surface area is 172 Å². The van der Waals surface area contributed by atoms with Crippen molar-refractivity contribution in [3.8, 4) is 0 Å². The van der Waals surface area contributed by atoms with Gasteiger partial charge in [-0.05, 0) is 19.3 Å². The van der Waals surface area contributed by atoms with E-state index in [0.29, 0.717) is 19.0 Å². The van der Waals surface area contributed by atoms with E-state index in [1.54, 1.807) is 0 Å². The summed E-state index contributed by atoms with van der Waals surface area (Å²) in [4.78, 5) is 4.66. The summed E-state index contributed by atoms with van der Waals surface area (Å²) in [6.45, 7) is 12.2. The van der Waals surface area contributed by atoms with Gasteiger partial charge in [-0.15, -0.1) is 24.0 Å². The average Bonchev–Trinajstić information content (AvgIpc) is 3.23. The van der Waals surface area contributed by atoms with Crippen molar-refractivity contribution >= 4 is 29.9 Å². The van der Waals surface area contributed by atoms with Crippen LogP contribution in [0.1, 0.15) is 69.0 Å². The van der Waals surface area contributed by atoms with Crippen LogP contribution >= 0.6 is 24.0 Å². The molecule has 0 saturated carbocycles. The number of rotatable bonds is 8. The first-order chi connectivity index (χ1) is 12.1. The fourth-order valence-corrected chi connectivity index (χ4v) is 2.47. The van der Waals surface area contributed by atoms with Gasteiger partial charge >= 0.3 is 0 Å². The molecule has 0 amide bonds. The zero-order valence-corrected chi connectivity index (χ0v) is 18.6. The SMILES string of the molecule is CCNC(=NCc1c(CC)noc1CC)NCc1cc(C(C)C)no1.I. The van der Waals surface area contributed by atoms with Crippen LogP contribution in [-0.2, 0) is 25.9 Å². The highest BCUT2D eigenvalue weighted by molar-refractivity contribution is 14.0. The average molecular weight is 475 g/mol. The third kappa shape index (κ3) is 6.00. The molecule has 26 heavy (non-hydrogen) atoms. The topological polar surface area (TPSA) is 88.5 Å². The van der Waals surface area contributed by atoms with Crippen molar-refractivity contribution in [3.05, 3.63) is 34.5 Å². The van der Waals surface area contributed by atoms with E-state index in [4.69, 9.17) is 9.05 Å². The van der Waals surface area contributed by atoms with Crippen molar-refractivity contribution < 1.29 is 9.05 Å². The van der Waals surface area contributed by atoms with Crippen molar-refractivity contribution in [2.75, 3.05) is 6.54 Å². The van der Waals surface area contributed by atoms with Gasteiger partial charge in [-0.3, -0.25) is 0 Å². The Morgan fingerprint density at radius 3 is 2.46 bits per heavy atom. The standard InChI is InChI=1S/C18H29N5O2.HI/c1-6-15-14(17(7-2)25-22-15)11-21-18(19-8-3)20-10-13-9-16(12(4)5)23-24-13;/h9,12H,6-8,10-11H2,1-5H3,(H2,19,20,21);1H. The number of aliphatic imine (C=N–C) groups is 1. The highest BCUT2D eigenvalue weighted by atomic mass is 127. The Balaban J connectivity index is 0.00000338. The summed E-state index contributed by atoms with van der Waals surface area (Å²) in [5, 5.41) is 14.7. The van der Waals surface area contributed by atoms with Gasteiger partial charge in [0, 0.05) is 24.6 Å². The highest BCUT2D eigenvalue weighted by Crippen LogP contribution is 2.17. The van der Waals surface area contributed by atoms with Crippen LogP contribution in [0.15, 0.2) is 20.1 Å². The Hall–Kier alpha value is -1.58. The second-order valence-electron chi connectivity index (χ2n) is 6.16. The molecule has 2 N–H and O–H groups in total. The lowest BCUT2D eigenvalue weighted by Crippen LogP contribution is -2.36. The molecule has 0 spiro atoms. The molecule has 2 heterocycles. The lowest BCUT2D eigenvalue weighted by Gasteiger charge is -2.10. The molecular weight excluding hydrogens is 445 g/mol. The predicted molar refractivity (Wildman–Crippen MR) is 113 cm³/mol. The molecular formula is C18H30IN5O2. The Morgan fingerprint density at radius 2 is 1.88 bits per heavy atom. The molecule has 0 saturated heterocycles. The Kier molecular flexibility index (Phi) is 9.68. The first kappa shape index (κ1) is 22.5. The second kappa shape index (κ2) is 11.2. The van der Waals surface area contributed by atoms with E-state index in [9.17, 15) is 0 Å². The van der Waals surface area contributed by atoms with Crippen LogP contribution in [0.3, 0.4) is 0 Å². The summed E-state index contributed by atoms with van der Waals surface area (Å²) >= 11 is 0. The van der Waals surface area contributed by atoms with Gasteiger partial charge in [0.1, 0.15) is 5.76 Å². The van der Waals surface area contributed by atoms with Gasteiger partial charge in [0.2, 0.25) is 0 Å². The third-order valence-electron chi connectivity index (χ3n) is 3.95. The molecule has 0 aromatic carbocycles. The van der Waals surface area contributed by atoms with Crippen LogP contribution in [0, 0.1) is 0 Å². The number of halogens is 1. The number of aryl methyl sites for hydroxylation is 2. The summed E-state index contributed by atoms with van der Waals surface area (Å²) in [6, 6.07) is 1.98. The molecule has 2 rings (SSSR count). The minimum atomic E-state index is 0. The lowest BCUT2D eigenvalue weighted by atomic mass is 10.1. The number of guanidine groups is 1. The smallest absolute Gasteiger partial charge is 0.191 e. The molecule has 2 aromatic rings. The maximum absolute atomic E-state index is 5.40. The molecule has 0 bridgehead atoms. The first-order valence-corrected chi connectivity index (χ1v) is 9.02. The number of aromatic nitrogens is 2. The van der Waals surface area contributed by atoms with Gasteiger partial charge < -0.3 is 19.7 Å². The maximum Gasteiger partial charge on any atom is 0.191 e. The molecule has 146 valence electrons. The number of hydrogen-bond donors (Lipinski definition) is 2. The molecule has 0 fully saturated rings. The van der Waals surface area contributed by atoms with E-state index in [1.807, 2.05) is 13.0 Å². The minimum Gasteiger partial charge on any atom is -0.361 e. The normalized spacial score (nSPS) is 11.5. The van der Waals surface area contributed by atoms with E-state index in [2.05, 4.69) is 53.6 Å². The Morgan fingerprint density at radius 1 is 1.12 bits per heavy atom. The number of nitrogens with zero attached hydrogens (tertiary/aromatic N) is 3. The summed E-state index contributed by atoms with van der Waals surface area (Å²) in [7, 11) is 0. The second-order valence-corrected chi connectivity index (χ2v) is 6.16. The molecule has 0 aliphatic heterocycles. The fourth-order valence-electron chi connectivity index (χ4n) is 2.47. The third-order valence-corrected chi connectivity index (χ3v) is 3.95. The lowest BCUT2D eigenvalue weighted by molar-refractivity contribution is 0.372. The first-order valence-electron chi connectivity index (χ1n) is 9.02. The molecule has 7 nitrogen and oxygen atoms in total. The van der Waals surface area contributed by atoms with Gasteiger partial charge in [-0.1, -0.05) is 38.0 Å². The van der Waals surface area contributed by atoms with Crippen LogP contribution in [-0.4, -0.2) is 22.8 Å². The van der Waals surface area contributed by atoms with Gasteiger partial charge in [0.15, 0.2) is 11.7 Å². The van der Waals surface area contributed by atoms with E-state index in [0.717, 1.165) is 53.8 Å². The van der Waals surface area contributed by atoms with Crippen LogP contribution in [0.2, 0.25) is 0 Å². The molecule has 0 unspecified atom stereocenters. The summed E-state index contributed by atoms with van der Waals surface area (Å²) in [5.41, 5.74) is 3.03. The molecule has 8 heteroatoms. The van der Waals surface area contributed by atoms with Crippen molar-refractivity contribution in [1.29, 1.82) is 0 Å². The summed E-state index contributed by atoms with van der Waals surface area (Å²) in [5.74, 6) is 2.79. The Bertz CT molecular complexity index is 672. The van der Waals surface area contributed by atoms with E-state index in [1.165, 1.54) is 0 Å². The zero-order valence-electron chi connectivity index (χ0n) is 16.3. The largest absolute Gasteiger partial charge is 0.361 e. The monoisotopic (exact) mass is 475 g/mol. The zero-order chi connectivity index (χ0) is 18.2. The number of hydrogen-bond acceptors (Lipinski definition) is 5. The van der Waals surface area contributed by atoms with Crippen LogP contribution in [0.25, 0.3) is 0 Å². The van der Waals surface area contributed by atoms with Crippen LogP contribution < -0.4 is 10.6 Å². The minimum absolute atomic E-state index is 0. The van der Waals surface area contributed by atoms with Crippen molar-refractivity contribution in [2.24, 2.45) is 4.99 Å². The molecule has 0 atom stereocenters. The van der Waals surface area contributed by atoms with Crippen LogP contribution in [0.5, 0.6) is 0 Å². The quantitative estimate of drug-likeness (QED) is 0.343. The fraction of sp³-hybridized carbons (Fsp3) is 0.611. The van der Waals surface area contributed by atoms with Gasteiger partial charge in [-0.25, -0.2) is 4.99 Å².